The number of fused-ring (bicyclic) bond motifs is 1. The third kappa shape index (κ3) is 7.47. The Labute approximate surface area is 245 Å². The summed E-state index contributed by atoms with van der Waals surface area (Å²) in [5.74, 6) is 1.66. The molecule has 9 nitrogen and oxygen atoms in total. The molecule has 0 aliphatic carbocycles. The molecule has 210 valence electrons. The van der Waals surface area contributed by atoms with Crippen LogP contribution in [0, 0.1) is 0 Å². The Morgan fingerprint density at radius 3 is 2.50 bits per heavy atom. The number of thiol groups is 1. The van der Waals surface area contributed by atoms with Crippen molar-refractivity contribution in [3.63, 3.8) is 0 Å². The molecule has 3 aromatic carbocycles. The van der Waals surface area contributed by atoms with E-state index < -0.39 is 0 Å². The van der Waals surface area contributed by atoms with Crippen molar-refractivity contribution in [3.05, 3.63) is 65.8 Å². The molecule has 0 atom stereocenters. The van der Waals surface area contributed by atoms with Crippen LogP contribution in [0.4, 0.5) is 34.5 Å². The van der Waals surface area contributed by atoms with Crippen molar-refractivity contribution in [2.24, 2.45) is 0 Å². The number of amides is 1. The summed E-state index contributed by atoms with van der Waals surface area (Å²) in [6, 6.07) is 17.9. The number of carbonyl (C=O) groups is 1. The Morgan fingerprint density at radius 2 is 1.77 bits per heavy atom. The minimum Gasteiger partial charge on any atom is -0.494 e. The van der Waals surface area contributed by atoms with Gasteiger partial charge in [0.1, 0.15) is 10.8 Å². The number of rotatable bonds is 12. The van der Waals surface area contributed by atoms with Gasteiger partial charge >= 0.3 is 0 Å². The number of carbonyl (C=O) groups excluding carboxylic acids is 1. The van der Waals surface area contributed by atoms with Gasteiger partial charge in [0, 0.05) is 38.3 Å². The van der Waals surface area contributed by atoms with E-state index >= 15 is 0 Å². The Hall–Kier alpha value is -3.73. The maximum absolute atomic E-state index is 12.5. The SMILES string of the molecule is COc1cc(N(C)CCN(C)C)c(NC(=O)CCS)cc1Nc1ncc(Cl)c(Nc2ccc3ccccc3c2)n1. The Morgan fingerprint density at radius 1 is 1.00 bits per heavy atom. The first-order valence-corrected chi connectivity index (χ1v) is 13.8. The van der Waals surface area contributed by atoms with Crippen LogP contribution in [0.3, 0.4) is 0 Å². The van der Waals surface area contributed by atoms with Crippen molar-refractivity contribution in [2.75, 3.05) is 67.9 Å². The monoisotopic (exact) mass is 579 g/mol. The Bertz CT molecular complexity index is 1480. The van der Waals surface area contributed by atoms with Crippen molar-refractivity contribution in [2.45, 2.75) is 6.42 Å². The summed E-state index contributed by atoms with van der Waals surface area (Å²) in [7, 11) is 7.61. The molecule has 0 aliphatic heterocycles. The van der Waals surface area contributed by atoms with E-state index in [0.717, 1.165) is 35.2 Å². The van der Waals surface area contributed by atoms with E-state index in [1.807, 2.05) is 63.6 Å². The quantitative estimate of drug-likeness (QED) is 0.151. The second kappa shape index (κ2) is 13.6. The predicted molar refractivity (Wildman–Crippen MR) is 169 cm³/mol. The van der Waals surface area contributed by atoms with Gasteiger partial charge in [0.25, 0.3) is 0 Å². The summed E-state index contributed by atoms with van der Waals surface area (Å²) < 4.78 is 5.71. The lowest BCUT2D eigenvalue weighted by Crippen LogP contribution is -2.29. The lowest BCUT2D eigenvalue weighted by molar-refractivity contribution is -0.115. The van der Waals surface area contributed by atoms with E-state index in [0.29, 0.717) is 46.1 Å². The molecule has 0 bridgehead atoms. The Kier molecular flexibility index (Phi) is 9.92. The number of anilines is 6. The van der Waals surface area contributed by atoms with Crippen LogP contribution in [0.5, 0.6) is 5.75 Å². The second-order valence-electron chi connectivity index (χ2n) is 9.52. The van der Waals surface area contributed by atoms with Crippen LogP contribution in [0.2, 0.25) is 5.02 Å². The number of halogens is 1. The maximum atomic E-state index is 12.5. The summed E-state index contributed by atoms with van der Waals surface area (Å²) in [5, 5.41) is 12.2. The normalized spacial score (nSPS) is 11.0. The van der Waals surface area contributed by atoms with Crippen molar-refractivity contribution >= 4 is 75.4 Å². The molecular weight excluding hydrogens is 546 g/mol. The molecule has 0 saturated carbocycles. The van der Waals surface area contributed by atoms with Crippen molar-refractivity contribution in [1.29, 1.82) is 0 Å². The number of aromatic nitrogens is 2. The first-order chi connectivity index (χ1) is 19.3. The minimum absolute atomic E-state index is 0.127. The molecule has 3 N–H and O–H groups in total. The van der Waals surface area contributed by atoms with Gasteiger partial charge < -0.3 is 30.5 Å². The van der Waals surface area contributed by atoms with E-state index in [1.54, 1.807) is 7.11 Å². The summed E-state index contributed by atoms with van der Waals surface area (Å²) in [6.45, 7) is 1.59. The summed E-state index contributed by atoms with van der Waals surface area (Å²) >= 11 is 10.6. The molecule has 1 aromatic heterocycles. The maximum Gasteiger partial charge on any atom is 0.229 e. The molecular formula is C29H34ClN7O2S. The van der Waals surface area contributed by atoms with Gasteiger partial charge in [-0.1, -0.05) is 41.9 Å². The van der Waals surface area contributed by atoms with Crippen LogP contribution in [0.1, 0.15) is 6.42 Å². The van der Waals surface area contributed by atoms with Gasteiger partial charge in [-0.05, 0) is 48.8 Å². The largest absolute Gasteiger partial charge is 0.494 e. The number of ether oxygens (including phenoxy) is 1. The second-order valence-corrected chi connectivity index (χ2v) is 10.4. The lowest BCUT2D eigenvalue weighted by atomic mass is 10.1. The Balaban J connectivity index is 1.64. The van der Waals surface area contributed by atoms with Crippen LogP contribution in [0.15, 0.2) is 60.8 Å². The lowest BCUT2D eigenvalue weighted by Gasteiger charge is -2.26. The zero-order valence-corrected chi connectivity index (χ0v) is 24.7. The van der Waals surface area contributed by atoms with Gasteiger partial charge in [-0.3, -0.25) is 4.79 Å². The van der Waals surface area contributed by atoms with Crippen LogP contribution in [-0.2, 0) is 4.79 Å². The topological polar surface area (TPSA) is 94.7 Å². The molecule has 11 heteroatoms. The van der Waals surface area contributed by atoms with E-state index in [9.17, 15) is 4.79 Å². The number of nitrogens with zero attached hydrogens (tertiary/aromatic N) is 4. The van der Waals surface area contributed by atoms with Crippen molar-refractivity contribution in [1.82, 2.24) is 14.9 Å². The van der Waals surface area contributed by atoms with Gasteiger partial charge in [-0.15, -0.1) is 0 Å². The molecule has 1 amide bonds. The highest BCUT2D eigenvalue weighted by molar-refractivity contribution is 7.80. The smallest absolute Gasteiger partial charge is 0.229 e. The van der Waals surface area contributed by atoms with E-state index in [4.69, 9.17) is 16.3 Å². The summed E-state index contributed by atoms with van der Waals surface area (Å²) in [4.78, 5) is 25.7. The first kappa shape index (κ1) is 29.3. The molecule has 0 spiro atoms. The van der Waals surface area contributed by atoms with Gasteiger partial charge in [0.15, 0.2) is 5.82 Å². The summed E-state index contributed by atoms with van der Waals surface area (Å²) in [5.41, 5.74) is 2.90. The van der Waals surface area contributed by atoms with Crippen LogP contribution >= 0.6 is 24.2 Å². The molecule has 0 saturated heterocycles. The third-order valence-electron chi connectivity index (χ3n) is 6.23. The predicted octanol–water partition coefficient (Wildman–Crippen LogP) is 6.04. The highest BCUT2D eigenvalue weighted by Gasteiger charge is 2.17. The fourth-order valence-electron chi connectivity index (χ4n) is 4.08. The van der Waals surface area contributed by atoms with Gasteiger partial charge in [0.2, 0.25) is 11.9 Å². The highest BCUT2D eigenvalue weighted by Crippen LogP contribution is 2.38. The number of hydrogen-bond donors (Lipinski definition) is 4. The standard InChI is InChI=1S/C29H34ClN7O2S/c1-36(2)12-13-37(3)25-17-26(39-4)24(16-23(25)33-27(38)11-14-40)34-29-31-18-22(30)28(35-29)32-21-10-9-19-7-5-6-8-20(19)15-21/h5-10,15-18,40H,11-14H2,1-4H3,(H,33,38)(H2,31,32,34,35). The van der Waals surface area contributed by atoms with Crippen molar-refractivity contribution in [3.8, 4) is 5.75 Å². The number of likely N-dealkylation sites (N-methyl/N-ethyl adjacent to an activating group) is 2. The highest BCUT2D eigenvalue weighted by atomic mass is 35.5. The average molecular weight is 580 g/mol. The van der Waals surface area contributed by atoms with Crippen LogP contribution in [0.25, 0.3) is 10.8 Å². The summed E-state index contributed by atoms with van der Waals surface area (Å²) in [6.07, 6.45) is 1.83. The van der Waals surface area contributed by atoms with Crippen molar-refractivity contribution < 1.29 is 9.53 Å². The molecule has 4 rings (SSSR count). The average Bonchev–Trinajstić information content (AvgIpc) is 2.93. The van der Waals surface area contributed by atoms with E-state index in [-0.39, 0.29) is 5.91 Å². The van der Waals surface area contributed by atoms with Gasteiger partial charge in [0.05, 0.1) is 30.4 Å². The third-order valence-corrected chi connectivity index (χ3v) is 6.73. The number of hydrogen-bond acceptors (Lipinski definition) is 9. The zero-order valence-electron chi connectivity index (χ0n) is 23.0. The fourth-order valence-corrected chi connectivity index (χ4v) is 4.42. The van der Waals surface area contributed by atoms with E-state index in [1.165, 1.54) is 6.20 Å². The molecule has 40 heavy (non-hydrogen) atoms. The first-order valence-electron chi connectivity index (χ1n) is 12.8. The molecule has 0 unspecified atom stereocenters. The molecule has 1 heterocycles. The van der Waals surface area contributed by atoms with Crippen LogP contribution in [-0.4, -0.2) is 67.9 Å². The molecule has 0 fully saturated rings. The van der Waals surface area contributed by atoms with Gasteiger partial charge in [-0.2, -0.15) is 17.6 Å². The van der Waals surface area contributed by atoms with Gasteiger partial charge in [-0.25, -0.2) is 4.98 Å². The molecule has 0 radical (unpaired) electrons. The minimum atomic E-state index is -0.127. The van der Waals surface area contributed by atoms with E-state index in [2.05, 4.69) is 60.5 Å². The number of benzene rings is 3. The number of nitrogens with one attached hydrogen (secondary N) is 3. The molecule has 4 aromatic rings. The van der Waals surface area contributed by atoms with Crippen LogP contribution < -0.4 is 25.6 Å². The molecule has 0 aliphatic rings. The number of methoxy groups -OCH3 is 1. The zero-order chi connectivity index (χ0) is 28.6. The fraction of sp³-hybridized carbons (Fsp3) is 0.276.